The van der Waals surface area contributed by atoms with Crippen LogP contribution >= 0.6 is 0 Å². The van der Waals surface area contributed by atoms with E-state index in [0.717, 1.165) is 19.4 Å². The Kier molecular flexibility index (Phi) is 2.30. The minimum absolute atomic E-state index is 0.0163. The summed E-state index contributed by atoms with van der Waals surface area (Å²) in [5.41, 5.74) is 0.271. The highest BCUT2D eigenvalue weighted by molar-refractivity contribution is 5.70. The first-order chi connectivity index (χ1) is 6.48. The van der Waals surface area contributed by atoms with Gasteiger partial charge in [0, 0.05) is 19.0 Å². The van der Waals surface area contributed by atoms with Crippen LogP contribution in [0.3, 0.4) is 0 Å². The van der Waals surface area contributed by atoms with Crippen molar-refractivity contribution in [1.82, 2.24) is 4.90 Å². The van der Waals surface area contributed by atoms with Gasteiger partial charge in [0.05, 0.1) is 0 Å². The Bertz CT molecular complexity index is 250. The molecule has 3 nitrogen and oxygen atoms in total. The van der Waals surface area contributed by atoms with Crippen LogP contribution in [0.5, 0.6) is 0 Å². The van der Waals surface area contributed by atoms with Gasteiger partial charge in [0.2, 0.25) is 0 Å². The molecule has 0 radical (unpaired) electrons. The third kappa shape index (κ3) is 1.78. The van der Waals surface area contributed by atoms with Gasteiger partial charge in [0.1, 0.15) is 6.10 Å². The average molecular weight is 197 g/mol. The summed E-state index contributed by atoms with van der Waals surface area (Å²) < 4.78 is 5.42. The molecule has 2 unspecified atom stereocenters. The lowest BCUT2D eigenvalue weighted by Gasteiger charge is -2.47. The molecule has 14 heavy (non-hydrogen) atoms. The monoisotopic (exact) mass is 197 g/mol. The van der Waals surface area contributed by atoms with E-state index in [0.29, 0.717) is 12.5 Å². The SMILES string of the molecule is CN1CC(C)(C)CC2OC(=O)CCC21. The summed E-state index contributed by atoms with van der Waals surface area (Å²) in [6.07, 6.45) is 2.69. The first kappa shape index (κ1) is 9.97. The maximum Gasteiger partial charge on any atom is 0.306 e. The molecule has 2 heterocycles. The molecule has 0 N–H and O–H groups in total. The summed E-state index contributed by atoms with van der Waals surface area (Å²) in [4.78, 5) is 13.5. The van der Waals surface area contributed by atoms with E-state index < -0.39 is 0 Å². The van der Waals surface area contributed by atoms with Gasteiger partial charge in [0.25, 0.3) is 0 Å². The number of hydrogen-bond acceptors (Lipinski definition) is 3. The molecule has 0 aromatic carbocycles. The van der Waals surface area contributed by atoms with Crippen LogP contribution in [0.2, 0.25) is 0 Å². The zero-order chi connectivity index (χ0) is 10.3. The Morgan fingerprint density at radius 3 is 2.93 bits per heavy atom. The van der Waals surface area contributed by atoms with E-state index in [2.05, 4.69) is 25.8 Å². The normalized spacial score (nSPS) is 37.5. The van der Waals surface area contributed by atoms with E-state index in [1.807, 2.05) is 0 Å². The van der Waals surface area contributed by atoms with Crippen molar-refractivity contribution in [2.24, 2.45) is 5.41 Å². The summed E-state index contributed by atoms with van der Waals surface area (Å²) in [7, 11) is 2.14. The Labute approximate surface area is 85.4 Å². The van der Waals surface area contributed by atoms with Gasteiger partial charge in [-0.2, -0.15) is 0 Å². The molecule has 2 aliphatic heterocycles. The third-order valence-electron chi connectivity index (χ3n) is 3.35. The van der Waals surface area contributed by atoms with Crippen molar-refractivity contribution in [3.63, 3.8) is 0 Å². The molecule has 3 heteroatoms. The maximum absolute atomic E-state index is 11.2. The van der Waals surface area contributed by atoms with Crippen molar-refractivity contribution in [3.8, 4) is 0 Å². The van der Waals surface area contributed by atoms with E-state index in [1.165, 1.54) is 0 Å². The zero-order valence-corrected chi connectivity index (χ0v) is 9.25. The molecule has 0 aliphatic carbocycles. The lowest BCUT2D eigenvalue weighted by Crippen LogP contribution is -2.55. The highest BCUT2D eigenvalue weighted by Crippen LogP contribution is 2.36. The first-order valence-electron chi connectivity index (χ1n) is 5.38. The van der Waals surface area contributed by atoms with Crippen molar-refractivity contribution in [3.05, 3.63) is 0 Å². The number of rotatable bonds is 0. The number of likely N-dealkylation sites (tertiary alicyclic amines) is 1. The number of carbonyl (C=O) groups excluding carboxylic acids is 1. The van der Waals surface area contributed by atoms with E-state index in [-0.39, 0.29) is 17.5 Å². The molecule has 2 rings (SSSR count). The largest absolute Gasteiger partial charge is 0.461 e. The average Bonchev–Trinajstić information content (AvgIpc) is 2.00. The Morgan fingerprint density at radius 2 is 2.21 bits per heavy atom. The van der Waals surface area contributed by atoms with Crippen LogP contribution in [0.4, 0.5) is 0 Å². The second-order valence-corrected chi connectivity index (χ2v) is 5.42. The Morgan fingerprint density at radius 1 is 1.50 bits per heavy atom. The van der Waals surface area contributed by atoms with Gasteiger partial charge in [-0.25, -0.2) is 0 Å². The summed E-state index contributed by atoms with van der Waals surface area (Å²) in [6, 6.07) is 0.459. The summed E-state index contributed by atoms with van der Waals surface area (Å²) in [5, 5.41) is 0. The number of ether oxygens (including phenoxy) is 1. The number of likely N-dealkylation sites (N-methyl/N-ethyl adjacent to an activating group) is 1. The van der Waals surface area contributed by atoms with E-state index in [1.54, 1.807) is 0 Å². The second kappa shape index (κ2) is 3.23. The minimum atomic E-state index is -0.0163. The molecule has 2 atom stereocenters. The summed E-state index contributed by atoms with van der Waals surface area (Å²) >= 11 is 0. The quantitative estimate of drug-likeness (QED) is 0.550. The summed E-state index contributed by atoms with van der Waals surface area (Å²) in [6.45, 7) is 5.58. The zero-order valence-electron chi connectivity index (χ0n) is 9.25. The fourth-order valence-corrected chi connectivity index (χ4v) is 2.84. The van der Waals surface area contributed by atoms with Gasteiger partial charge in [-0.15, -0.1) is 0 Å². The summed E-state index contributed by atoms with van der Waals surface area (Å²) in [5.74, 6) is -0.0163. The molecule has 0 amide bonds. The fraction of sp³-hybridized carbons (Fsp3) is 0.909. The predicted octanol–water partition coefficient (Wildman–Crippen LogP) is 1.42. The molecule has 0 saturated carbocycles. The highest BCUT2D eigenvalue weighted by atomic mass is 16.5. The van der Waals surface area contributed by atoms with Crippen LogP contribution in [0.15, 0.2) is 0 Å². The van der Waals surface area contributed by atoms with Crippen molar-refractivity contribution in [2.75, 3.05) is 13.6 Å². The van der Waals surface area contributed by atoms with Crippen LogP contribution in [-0.2, 0) is 9.53 Å². The predicted molar refractivity (Wildman–Crippen MR) is 53.9 cm³/mol. The lowest BCUT2D eigenvalue weighted by molar-refractivity contribution is -0.167. The number of carbonyl (C=O) groups is 1. The maximum atomic E-state index is 11.2. The van der Waals surface area contributed by atoms with Crippen molar-refractivity contribution >= 4 is 5.97 Å². The van der Waals surface area contributed by atoms with E-state index >= 15 is 0 Å². The molecule has 2 saturated heterocycles. The van der Waals surface area contributed by atoms with Gasteiger partial charge in [0.15, 0.2) is 0 Å². The topological polar surface area (TPSA) is 29.5 Å². The lowest BCUT2D eigenvalue weighted by atomic mass is 9.78. The molecule has 0 spiro atoms. The number of piperidine rings is 1. The molecule has 80 valence electrons. The van der Waals surface area contributed by atoms with Crippen LogP contribution in [0, 0.1) is 5.41 Å². The molecular formula is C11H19NO2. The van der Waals surface area contributed by atoms with Gasteiger partial charge in [-0.05, 0) is 25.3 Å². The van der Waals surface area contributed by atoms with Crippen molar-refractivity contribution in [2.45, 2.75) is 45.3 Å². The fourth-order valence-electron chi connectivity index (χ4n) is 2.84. The molecule has 0 aromatic heterocycles. The van der Waals surface area contributed by atoms with Crippen LogP contribution in [-0.4, -0.2) is 36.6 Å². The van der Waals surface area contributed by atoms with Gasteiger partial charge < -0.3 is 4.74 Å². The first-order valence-corrected chi connectivity index (χ1v) is 5.38. The molecule has 2 aliphatic rings. The van der Waals surface area contributed by atoms with Crippen molar-refractivity contribution < 1.29 is 9.53 Å². The van der Waals surface area contributed by atoms with Crippen LogP contribution in [0.25, 0.3) is 0 Å². The number of nitrogens with zero attached hydrogens (tertiary/aromatic N) is 1. The van der Waals surface area contributed by atoms with Crippen LogP contribution in [0.1, 0.15) is 33.1 Å². The highest BCUT2D eigenvalue weighted by Gasteiger charge is 2.42. The van der Waals surface area contributed by atoms with Gasteiger partial charge >= 0.3 is 5.97 Å². The number of fused-ring (bicyclic) bond motifs is 1. The molecule has 0 aromatic rings. The van der Waals surface area contributed by atoms with Crippen molar-refractivity contribution in [1.29, 1.82) is 0 Å². The number of hydrogen-bond donors (Lipinski definition) is 0. The second-order valence-electron chi connectivity index (χ2n) is 5.42. The third-order valence-corrected chi connectivity index (χ3v) is 3.35. The molecule has 0 bridgehead atoms. The van der Waals surface area contributed by atoms with Gasteiger partial charge in [-0.1, -0.05) is 13.8 Å². The Balaban J connectivity index is 2.11. The standard InChI is InChI=1S/C11H19NO2/c1-11(2)6-9-8(12(3)7-11)4-5-10(13)14-9/h8-9H,4-7H2,1-3H3. The molecule has 2 fully saturated rings. The minimum Gasteiger partial charge on any atom is -0.461 e. The Hall–Kier alpha value is -0.570. The molecular weight excluding hydrogens is 178 g/mol. The van der Waals surface area contributed by atoms with E-state index in [4.69, 9.17) is 4.74 Å². The number of esters is 1. The van der Waals surface area contributed by atoms with Crippen LogP contribution < -0.4 is 0 Å². The van der Waals surface area contributed by atoms with Gasteiger partial charge in [-0.3, -0.25) is 9.69 Å². The smallest absolute Gasteiger partial charge is 0.306 e. The van der Waals surface area contributed by atoms with E-state index in [9.17, 15) is 4.79 Å².